The molecule has 41 heavy (non-hydrogen) atoms. The van der Waals surface area contributed by atoms with Crippen LogP contribution in [0.15, 0.2) is 100 Å². The van der Waals surface area contributed by atoms with E-state index < -0.39 is 0 Å². The Kier molecular flexibility index (Phi) is 8.59. The van der Waals surface area contributed by atoms with Gasteiger partial charge < -0.3 is 18.6 Å². The maximum atomic E-state index is 10.2. The van der Waals surface area contributed by atoms with Gasteiger partial charge in [-0.05, 0) is 77.9 Å². The Labute approximate surface area is 248 Å². The molecular weight excluding hydrogens is 559 g/mol. The molecule has 4 aromatic carbocycles. The summed E-state index contributed by atoms with van der Waals surface area (Å²) in [5.74, 6) is 2.63. The molecule has 0 N–H and O–H groups in total. The Morgan fingerprint density at radius 2 is 1.49 bits per heavy atom. The summed E-state index contributed by atoms with van der Waals surface area (Å²) in [4.78, 5) is 4.59. The molecule has 8 heteroatoms. The van der Waals surface area contributed by atoms with Crippen LogP contribution in [-0.2, 0) is 6.61 Å². The molecule has 0 aliphatic heterocycles. The quantitative estimate of drug-likeness (QED) is 0.162. The zero-order chi connectivity index (χ0) is 28.8. The zero-order valence-corrected chi connectivity index (χ0v) is 23.7. The molecule has 0 amide bonds. The number of methoxy groups -OCH3 is 2. The summed E-state index contributed by atoms with van der Waals surface area (Å²) in [6.45, 7) is 0.302. The lowest BCUT2D eigenvalue weighted by molar-refractivity contribution is 0.306. The molecule has 0 fully saturated rings. The summed E-state index contributed by atoms with van der Waals surface area (Å²) in [5, 5.41) is 11.4. The van der Waals surface area contributed by atoms with Crippen molar-refractivity contribution in [2.75, 3.05) is 14.2 Å². The first-order chi connectivity index (χ1) is 20.0. The van der Waals surface area contributed by atoms with Gasteiger partial charge in [-0.2, -0.15) is 5.26 Å². The van der Waals surface area contributed by atoms with Gasteiger partial charge in [-0.3, -0.25) is 0 Å². The largest absolute Gasteiger partial charge is 0.497 e. The monoisotopic (exact) mass is 582 g/mol. The Balaban J connectivity index is 1.55. The molecule has 0 atom stereocenters. The van der Waals surface area contributed by atoms with E-state index in [2.05, 4.69) is 11.1 Å². The van der Waals surface area contributed by atoms with Gasteiger partial charge >= 0.3 is 0 Å². The number of aliphatic imine (C=N–C) groups is 1. The second-order valence-electron chi connectivity index (χ2n) is 8.91. The third-order valence-corrected chi connectivity index (χ3v) is 6.78. The lowest BCUT2D eigenvalue weighted by Gasteiger charge is -2.10. The van der Waals surface area contributed by atoms with Gasteiger partial charge in [-0.25, -0.2) is 4.99 Å². The molecule has 0 spiro atoms. The molecular formula is C33H24Cl2N2O4. The van der Waals surface area contributed by atoms with Crippen LogP contribution >= 0.6 is 23.2 Å². The van der Waals surface area contributed by atoms with Crippen molar-refractivity contribution in [1.29, 1.82) is 5.26 Å². The first kappa shape index (κ1) is 27.9. The van der Waals surface area contributed by atoms with Crippen molar-refractivity contribution in [2.24, 2.45) is 4.99 Å². The van der Waals surface area contributed by atoms with Crippen molar-refractivity contribution in [1.82, 2.24) is 0 Å². The van der Waals surface area contributed by atoms with E-state index in [1.807, 2.05) is 72.8 Å². The third-order valence-electron chi connectivity index (χ3n) is 6.31. The minimum Gasteiger partial charge on any atom is -0.497 e. The van der Waals surface area contributed by atoms with Crippen molar-refractivity contribution in [3.63, 3.8) is 0 Å². The highest BCUT2D eigenvalue weighted by Crippen LogP contribution is 2.43. The normalized spacial score (nSPS) is 10.9. The number of nitriles is 1. The Hall–Kier alpha value is -4.70. The molecule has 5 rings (SSSR count). The second-order valence-corrected chi connectivity index (χ2v) is 9.79. The van der Waals surface area contributed by atoms with Crippen LogP contribution in [0.4, 0.5) is 5.88 Å². The Morgan fingerprint density at radius 1 is 0.829 bits per heavy atom. The van der Waals surface area contributed by atoms with Crippen molar-refractivity contribution in [3.05, 3.63) is 118 Å². The van der Waals surface area contributed by atoms with E-state index >= 15 is 0 Å². The fourth-order valence-corrected chi connectivity index (χ4v) is 4.65. The molecule has 6 nitrogen and oxygen atoms in total. The minimum atomic E-state index is 0.157. The number of rotatable bonds is 9. The van der Waals surface area contributed by atoms with Crippen LogP contribution < -0.4 is 14.2 Å². The Morgan fingerprint density at radius 3 is 2.12 bits per heavy atom. The summed E-state index contributed by atoms with van der Waals surface area (Å²) in [7, 11) is 3.21. The van der Waals surface area contributed by atoms with Gasteiger partial charge in [0.05, 0.1) is 14.2 Å². The summed E-state index contributed by atoms with van der Waals surface area (Å²) in [6, 6.07) is 29.8. The number of ether oxygens (including phenoxy) is 3. The first-order valence-electron chi connectivity index (χ1n) is 12.6. The van der Waals surface area contributed by atoms with E-state index in [4.69, 9.17) is 41.8 Å². The third kappa shape index (κ3) is 6.38. The maximum Gasteiger partial charge on any atom is 0.238 e. The van der Waals surface area contributed by atoms with Crippen LogP contribution in [0.1, 0.15) is 16.7 Å². The van der Waals surface area contributed by atoms with E-state index in [-0.39, 0.29) is 5.88 Å². The molecule has 1 aromatic heterocycles. The number of furan rings is 1. The number of hydrogen-bond donors (Lipinski definition) is 0. The van der Waals surface area contributed by atoms with Crippen LogP contribution in [0.3, 0.4) is 0 Å². The molecule has 0 radical (unpaired) electrons. The first-order valence-corrected chi connectivity index (χ1v) is 13.3. The second kappa shape index (κ2) is 12.6. The topological polar surface area (TPSA) is 77.0 Å². The van der Waals surface area contributed by atoms with Crippen molar-refractivity contribution >= 4 is 35.3 Å². The van der Waals surface area contributed by atoms with E-state index in [0.29, 0.717) is 56.4 Å². The lowest BCUT2D eigenvalue weighted by Crippen LogP contribution is -1.98. The summed E-state index contributed by atoms with van der Waals surface area (Å²) in [6.07, 6.45) is 1.58. The highest BCUT2D eigenvalue weighted by molar-refractivity contribution is 6.31. The van der Waals surface area contributed by atoms with Crippen molar-refractivity contribution in [2.45, 2.75) is 6.61 Å². The predicted molar refractivity (Wildman–Crippen MR) is 162 cm³/mol. The van der Waals surface area contributed by atoms with Gasteiger partial charge in [0.25, 0.3) is 0 Å². The minimum absolute atomic E-state index is 0.157. The van der Waals surface area contributed by atoms with Gasteiger partial charge in [-0.15, -0.1) is 0 Å². The van der Waals surface area contributed by atoms with Crippen LogP contribution in [0.25, 0.3) is 22.5 Å². The number of halogens is 2. The van der Waals surface area contributed by atoms with Crippen LogP contribution in [0, 0.1) is 11.3 Å². The number of hydrogen-bond acceptors (Lipinski definition) is 6. The molecule has 0 unspecified atom stereocenters. The average molecular weight is 583 g/mol. The van der Waals surface area contributed by atoms with Crippen LogP contribution in [-0.4, -0.2) is 20.4 Å². The lowest BCUT2D eigenvalue weighted by atomic mass is 9.98. The summed E-state index contributed by atoms with van der Waals surface area (Å²) in [5.41, 5.74) is 4.00. The SMILES string of the molecule is COc1ccc(-c2oc(N=Cc3cc(Cl)ccc3OCc3cccc(Cl)c3)c(C#N)c2-c2ccc(OC)cc2)cc1. The Bertz CT molecular complexity index is 1740. The molecule has 0 aliphatic carbocycles. The number of nitrogens with zero attached hydrogens (tertiary/aromatic N) is 2. The number of benzene rings is 4. The van der Waals surface area contributed by atoms with Gasteiger partial charge in [0.2, 0.25) is 5.88 Å². The zero-order valence-electron chi connectivity index (χ0n) is 22.2. The highest BCUT2D eigenvalue weighted by atomic mass is 35.5. The van der Waals surface area contributed by atoms with Crippen molar-refractivity contribution < 1.29 is 18.6 Å². The highest BCUT2D eigenvalue weighted by Gasteiger charge is 2.23. The summed E-state index contributed by atoms with van der Waals surface area (Å²) >= 11 is 12.4. The van der Waals surface area contributed by atoms with Gasteiger partial charge in [0, 0.05) is 33.0 Å². The molecule has 5 aromatic rings. The summed E-state index contributed by atoms with van der Waals surface area (Å²) < 4.78 is 22.9. The van der Waals surface area contributed by atoms with E-state index in [0.717, 1.165) is 16.7 Å². The van der Waals surface area contributed by atoms with Gasteiger partial charge in [0.15, 0.2) is 0 Å². The van der Waals surface area contributed by atoms with Gasteiger partial charge in [0.1, 0.15) is 41.2 Å². The van der Waals surface area contributed by atoms with Crippen LogP contribution in [0.2, 0.25) is 10.0 Å². The van der Waals surface area contributed by atoms with Gasteiger partial charge in [-0.1, -0.05) is 47.5 Å². The molecule has 0 saturated heterocycles. The van der Waals surface area contributed by atoms with Crippen molar-refractivity contribution in [3.8, 4) is 45.8 Å². The molecule has 0 aliphatic rings. The van der Waals surface area contributed by atoms with E-state index in [1.54, 1.807) is 38.6 Å². The molecule has 0 saturated carbocycles. The fourth-order valence-electron chi connectivity index (χ4n) is 4.26. The maximum absolute atomic E-state index is 10.2. The predicted octanol–water partition coefficient (Wildman–Crippen LogP) is 9.14. The van der Waals surface area contributed by atoms with E-state index in [1.165, 1.54) is 0 Å². The smallest absolute Gasteiger partial charge is 0.238 e. The molecule has 1 heterocycles. The fraction of sp³-hybridized carbons (Fsp3) is 0.0909. The molecule has 204 valence electrons. The van der Waals surface area contributed by atoms with Crippen LogP contribution in [0.5, 0.6) is 17.2 Å². The van der Waals surface area contributed by atoms with E-state index in [9.17, 15) is 5.26 Å². The standard InChI is InChI=1S/C33H24Cl2N2O4/c1-38-27-11-6-22(7-12-27)31-29(18-36)33(41-32(31)23-8-13-28(39-2)14-9-23)37-19-24-17-26(35)10-15-30(24)40-20-21-4-3-5-25(34)16-21/h3-17,19H,20H2,1-2H3. The molecule has 0 bridgehead atoms. The average Bonchev–Trinajstić information content (AvgIpc) is 3.38.